The van der Waals surface area contributed by atoms with E-state index in [-0.39, 0.29) is 16.3 Å². The summed E-state index contributed by atoms with van der Waals surface area (Å²) in [6.07, 6.45) is -6.02. The van der Waals surface area contributed by atoms with Crippen LogP contribution in [0.4, 0.5) is 24.5 Å². The van der Waals surface area contributed by atoms with E-state index in [0.29, 0.717) is 23.3 Å². The van der Waals surface area contributed by atoms with Gasteiger partial charge in [0.15, 0.2) is 6.10 Å². The molecule has 0 heterocycles. The molecule has 39 heavy (non-hydrogen) atoms. The molecule has 0 fully saturated rings. The highest BCUT2D eigenvalue weighted by Crippen LogP contribution is 2.32. The highest BCUT2D eigenvalue weighted by atomic mass is 35.5. The molecule has 0 aliphatic carbocycles. The van der Waals surface area contributed by atoms with E-state index in [1.165, 1.54) is 33.3 Å². The summed E-state index contributed by atoms with van der Waals surface area (Å²) in [4.78, 5) is 24.9. The van der Waals surface area contributed by atoms with Gasteiger partial charge in [0.25, 0.3) is 15.9 Å². The van der Waals surface area contributed by atoms with E-state index in [1.807, 2.05) is 4.72 Å². The third kappa shape index (κ3) is 7.54. The second kappa shape index (κ2) is 11.8. The maximum atomic E-state index is 13.0. The molecule has 3 aromatic carbocycles. The van der Waals surface area contributed by atoms with Crippen LogP contribution in [0.25, 0.3) is 0 Å². The Balaban J connectivity index is 1.76. The van der Waals surface area contributed by atoms with Gasteiger partial charge in [0, 0.05) is 29.6 Å². The van der Waals surface area contributed by atoms with E-state index in [2.05, 4.69) is 5.32 Å². The van der Waals surface area contributed by atoms with Gasteiger partial charge in [-0.05, 0) is 43.3 Å². The quantitative estimate of drug-likeness (QED) is 0.324. The summed E-state index contributed by atoms with van der Waals surface area (Å²) in [6.45, 7) is 1.29. The number of hydrogen-bond donors (Lipinski definition) is 2. The summed E-state index contributed by atoms with van der Waals surface area (Å²) < 4.78 is 82.0. The Kier molecular flexibility index (Phi) is 8.97. The summed E-state index contributed by atoms with van der Waals surface area (Å²) in [5, 5.41) is 2.37. The topological polar surface area (TPSA) is 120 Å². The van der Waals surface area contributed by atoms with Crippen molar-refractivity contribution in [3.63, 3.8) is 0 Å². The fourth-order valence-corrected chi connectivity index (χ4v) is 4.47. The van der Waals surface area contributed by atoms with E-state index in [0.717, 1.165) is 36.4 Å². The lowest BCUT2D eigenvalue weighted by molar-refractivity contribution is -0.137. The van der Waals surface area contributed by atoms with Crippen molar-refractivity contribution in [2.45, 2.75) is 24.1 Å². The zero-order chi connectivity index (χ0) is 29.0. The number of ether oxygens (including phenoxy) is 3. The van der Waals surface area contributed by atoms with Gasteiger partial charge < -0.3 is 19.5 Å². The number of halogens is 4. The van der Waals surface area contributed by atoms with Crippen molar-refractivity contribution in [1.82, 2.24) is 0 Å². The second-order valence-corrected chi connectivity index (χ2v) is 10.1. The highest BCUT2D eigenvalue weighted by Gasteiger charge is 2.31. The Bertz CT molecular complexity index is 1470. The number of benzene rings is 3. The number of amides is 1. The molecule has 0 aliphatic rings. The predicted molar refractivity (Wildman–Crippen MR) is 137 cm³/mol. The van der Waals surface area contributed by atoms with Crippen molar-refractivity contribution in [2.75, 3.05) is 24.3 Å². The first-order chi connectivity index (χ1) is 18.2. The lowest BCUT2D eigenvalue weighted by Gasteiger charge is -2.16. The summed E-state index contributed by atoms with van der Waals surface area (Å²) in [6, 6.07) is 11.2. The Labute approximate surface area is 226 Å². The fourth-order valence-electron chi connectivity index (χ4n) is 3.20. The average Bonchev–Trinajstić information content (AvgIpc) is 2.87. The number of nitrogens with one attached hydrogen (secondary N) is 2. The molecule has 0 aromatic heterocycles. The van der Waals surface area contributed by atoms with E-state index in [9.17, 15) is 31.2 Å². The minimum atomic E-state index is -4.68. The number of rotatable bonds is 9. The molecule has 3 rings (SSSR count). The highest BCUT2D eigenvalue weighted by molar-refractivity contribution is 7.92. The minimum absolute atomic E-state index is 0.178. The molecular formula is C25H22ClF3N2O7S. The number of hydrogen-bond acceptors (Lipinski definition) is 7. The number of alkyl halides is 3. The van der Waals surface area contributed by atoms with Crippen molar-refractivity contribution in [3.05, 3.63) is 76.8 Å². The molecule has 208 valence electrons. The van der Waals surface area contributed by atoms with Crippen LogP contribution in [-0.4, -0.2) is 40.6 Å². The van der Waals surface area contributed by atoms with Gasteiger partial charge in [0.05, 0.1) is 35.3 Å². The Hall–Kier alpha value is -3.97. The van der Waals surface area contributed by atoms with Crippen molar-refractivity contribution in [3.8, 4) is 11.5 Å². The van der Waals surface area contributed by atoms with Crippen LogP contribution in [0.5, 0.6) is 11.5 Å². The van der Waals surface area contributed by atoms with Crippen LogP contribution in [0, 0.1) is 0 Å². The Morgan fingerprint density at radius 1 is 0.923 bits per heavy atom. The van der Waals surface area contributed by atoms with Gasteiger partial charge in [-0.1, -0.05) is 17.7 Å². The molecule has 1 amide bonds. The molecule has 0 saturated carbocycles. The number of esters is 1. The van der Waals surface area contributed by atoms with E-state index < -0.39 is 44.6 Å². The molecule has 0 bridgehead atoms. The summed E-state index contributed by atoms with van der Waals surface area (Å²) in [7, 11) is -1.58. The van der Waals surface area contributed by atoms with Crippen LogP contribution in [0.2, 0.25) is 5.02 Å². The van der Waals surface area contributed by atoms with Crippen LogP contribution in [-0.2, 0) is 25.7 Å². The Morgan fingerprint density at radius 2 is 1.56 bits per heavy atom. The largest absolute Gasteiger partial charge is 0.497 e. The summed E-state index contributed by atoms with van der Waals surface area (Å²) in [5.41, 5.74) is -1.48. The average molecular weight is 587 g/mol. The van der Waals surface area contributed by atoms with Crippen LogP contribution in [0.3, 0.4) is 0 Å². The van der Waals surface area contributed by atoms with Crippen molar-refractivity contribution in [2.24, 2.45) is 0 Å². The van der Waals surface area contributed by atoms with Crippen LogP contribution in [0.1, 0.15) is 22.8 Å². The molecule has 0 unspecified atom stereocenters. The molecule has 9 nitrogen and oxygen atoms in total. The first-order valence-electron chi connectivity index (χ1n) is 11.0. The summed E-state index contributed by atoms with van der Waals surface area (Å²) in [5.74, 6) is -1.03. The molecule has 1 atom stereocenters. The number of carbonyl (C=O) groups is 2. The van der Waals surface area contributed by atoms with Gasteiger partial charge in [0.2, 0.25) is 0 Å². The van der Waals surface area contributed by atoms with Gasteiger partial charge in [-0.15, -0.1) is 0 Å². The smallest absolute Gasteiger partial charge is 0.416 e. The Morgan fingerprint density at radius 3 is 2.15 bits per heavy atom. The van der Waals surface area contributed by atoms with E-state index in [4.69, 9.17) is 25.8 Å². The van der Waals surface area contributed by atoms with Gasteiger partial charge >= 0.3 is 12.1 Å². The second-order valence-electron chi connectivity index (χ2n) is 7.96. The third-order valence-electron chi connectivity index (χ3n) is 5.18. The van der Waals surface area contributed by atoms with Gasteiger partial charge in [0.1, 0.15) is 11.5 Å². The monoisotopic (exact) mass is 586 g/mol. The zero-order valence-electron chi connectivity index (χ0n) is 20.6. The molecule has 0 radical (unpaired) electrons. The van der Waals surface area contributed by atoms with Crippen molar-refractivity contribution in [1.29, 1.82) is 0 Å². The SMILES string of the molecule is COc1cc(NC(=O)[C@H](C)OC(=O)c2cc(S(=O)(=O)Nc3cccc(C(F)(F)F)c3)ccc2Cl)cc(OC)c1. The minimum Gasteiger partial charge on any atom is -0.497 e. The lowest BCUT2D eigenvalue weighted by atomic mass is 10.2. The lowest BCUT2D eigenvalue weighted by Crippen LogP contribution is -2.30. The first kappa shape index (κ1) is 29.6. The maximum absolute atomic E-state index is 13.0. The first-order valence-corrected chi connectivity index (χ1v) is 12.8. The van der Waals surface area contributed by atoms with Crippen LogP contribution >= 0.6 is 11.6 Å². The molecule has 2 N–H and O–H groups in total. The molecule has 14 heteroatoms. The number of methoxy groups -OCH3 is 2. The normalized spacial score (nSPS) is 12.3. The molecule has 3 aromatic rings. The zero-order valence-corrected chi connectivity index (χ0v) is 22.2. The number of carbonyl (C=O) groups excluding carboxylic acids is 2. The predicted octanol–water partition coefficient (Wildman–Crippen LogP) is 5.36. The maximum Gasteiger partial charge on any atom is 0.416 e. The molecule has 0 saturated heterocycles. The van der Waals surface area contributed by atoms with E-state index in [1.54, 1.807) is 6.07 Å². The number of anilines is 2. The van der Waals surface area contributed by atoms with Crippen molar-refractivity contribution < 1.29 is 45.4 Å². The van der Waals surface area contributed by atoms with Gasteiger partial charge in [-0.3, -0.25) is 9.52 Å². The van der Waals surface area contributed by atoms with E-state index >= 15 is 0 Å². The molecular weight excluding hydrogens is 565 g/mol. The van der Waals surface area contributed by atoms with Crippen LogP contribution in [0.15, 0.2) is 65.6 Å². The van der Waals surface area contributed by atoms with Crippen LogP contribution < -0.4 is 19.5 Å². The fraction of sp³-hybridized carbons (Fsp3) is 0.200. The van der Waals surface area contributed by atoms with Crippen molar-refractivity contribution >= 4 is 44.9 Å². The molecule has 0 spiro atoms. The standard InChI is InChI=1S/C25H22ClF3N2O7S/c1-14(23(32)30-17-10-18(36-2)12-19(11-17)37-3)38-24(33)21-13-20(7-8-22(21)26)39(34,35)31-16-6-4-5-15(9-16)25(27,28)29/h4-14,31H,1-3H3,(H,30,32)/t14-/m0/s1. The third-order valence-corrected chi connectivity index (χ3v) is 6.89. The van der Waals surface area contributed by atoms with Gasteiger partial charge in [-0.2, -0.15) is 13.2 Å². The molecule has 0 aliphatic heterocycles. The number of sulfonamides is 1. The summed E-state index contributed by atoms with van der Waals surface area (Å²) >= 11 is 6.06. The van der Waals surface area contributed by atoms with Gasteiger partial charge in [-0.25, -0.2) is 13.2 Å².